The maximum absolute atomic E-state index is 11.7. The summed E-state index contributed by atoms with van der Waals surface area (Å²) < 4.78 is 0. The summed E-state index contributed by atoms with van der Waals surface area (Å²) in [6.07, 6.45) is 9.36. The normalized spacial score (nSPS) is 25.2. The van der Waals surface area contributed by atoms with Crippen molar-refractivity contribution in [2.24, 2.45) is 5.92 Å². The molecule has 0 saturated heterocycles. The van der Waals surface area contributed by atoms with Crippen LogP contribution in [-0.2, 0) is 0 Å². The van der Waals surface area contributed by atoms with Crippen molar-refractivity contribution in [1.82, 2.24) is 4.98 Å². The van der Waals surface area contributed by atoms with Crippen LogP contribution in [0.5, 0.6) is 0 Å². The molecule has 0 radical (unpaired) electrons. The van der Waals surface area contributed by atoms with Gasteiger partial charge >= 0.3 is 0 Å². The van der Waals surface area contributed by atoms with E-state index in [1.54, 1.807) is 6.92 Å². The molecule has 1 aromatic carbocycles. The Labute approximate surface area is 130 Å². The van der Waals surface area contributed by atoms with Gasteiger partial charge in [-0.1, -0.05) is 18.2 Å². The first kappa shape index (κ1) is 13.3. The number of nitrogens with zero attached hydrogens (tertiary/aromatic N) is 1. The molecule has 4 rings (SSSR count). The third-order valence-corrected chi connectivity index (χ3v) is 4.81. The van der Waals surface area contributed by atoms with Gasteiger partial charge in [0.05, 0.1) is 6.04 Å². The van der Waals surface area contributed by atoms with Crippen LogP contribution >= 0.6 is 0 Å². The lowest BCUT2D eigenvalue weighted by molar-refractivity contribution is 0.101. The molecule has 0 amide bonds. The molecule has 0 saturated carbocycles. The monoisotopic (exact) mass is 290 g/mol. The second kappa shape index (κ2) is 5.09. The lowest BCUT2D eigenvalue weighted by Gasteiger charge is -2.37. The second-order valence-corrected chi connectivity index (χ2v) is 6.12. The van der Waals surface area contributed by atoms with Crippen molar-refractivity contribution in [1.29, 1.82) is 0 Å². The third kappa shape index (κ3) is 2.05. The molecule has 2 aromatic rings. The Kier molecular flexibility index (Phi) is 3.07. The zero-order valence-electron chi connectivity index (χ0n) is 12.5. The van der Waals surface area contributed by atoms with Crippen LogP contribution in [0.4, 0.5) is 5.69 Å². The number of benzene rings is 1. The summed E-state index contributed by atoms with van der Waals surface area (Å²) in [7, 11) is 0. The number of nitrogens with one attached hydrogen (secondary N) is 1. The number of hydrogen-bond donors (Lipinski definition) is 1. The summed E-state index contributed by atoms with van der Waals surface area (Å²) in [4.78, 5) is 15.9. The van der Waals surface area contributed by atoms with E-state index in [0.29, 0.717) is 11.8 Å². The summed E-state index contributed by atoms with van der Waals surface area (Å²) in [6.45, 7) is 1.62. The fourth-order valence-electron chi connectivity index (χ4n) is 3.70. The van der Waals surface area contributed by atoms with Crippen LogP contribution in [0.1, 0.15) is 46.8 Å². The minimum atomic E-state index is 0.121. The molecule has 22 heavy (non-hydrogen) atoms. The Bertz CT molecular complexity index is 751. The van der Waals surface area contributed by atoms with Gasteiger partial charge in [-0.3, -0.25) is 9.78 Å². The third-order valence-electron chi connectivity index (χ3n) is 4.81. The predicted molar refractivity (Wildman–Crippen MR) is 87.0 cm³/mol. The van der Waals surface area contributed by atoms with Crippen molar-refractivity contribution in [3.8, 4) is 0 Å². The van der Waals surface area contributed by atoms with Gasteiger partial charge in [0.2, 0.25) is 0 Å². The van der Waals surface area contributed by atoms with E-state index in [2.05, 4.69) is 34.6 Å². The Morgan fingerprint density at radius 1 is 1.32 bits per heavy atom. The summed E-state index contributed by atoms with van der Waals surface area (Å²) in [5.41, 5.74) is 4.39. The van der Waals surface area contributed by atoms with Crippen molar-refractivity contribution in [3.05, 3.63) is 71.6 Å². The van der Waals surface area contributed by atoms with Crippen molar-refractivity contribution in [2.75, 3.05) is 5.32 Å². The Balaban J connectivity index is 1.79. The molecular weight excluding hydrogens is 272 g/mol. The van der Waals surface area contributed by atoms with Crippen molar-refractivity contribution in [3.63, 3.8) is 0 Å². The number of carbonyl (C=O) groups is 1. The molecular formula is C19H18N2O. The number of hydrogen-bond acceptors (Lipinski definition) is 3. The van der Waals surface area contributed by atoms with Gasteiger partial charge in [0, 0.05) is 29.6 Å². The molecule has 1 N–H and O–H groups in total. The molecule has 0 spiro atoms. The number of rotatable bonds is 2. The zero-order chi connectivity index (χ0) is 15.1. The van der Waals surface area contributed by atoms with Gasteiger partial charge in [-0.05, 0) is 54.7 Å². The molecule has 3 nitrogen and oxygen atoms in total. The summed E-state index contributed by atoms with van der Waals surface area (Å²) in [5, 5.41) is 3.66. The van der Waals surface area contributed by atoms with E-state index < -0.39 is 0 Å². The van der Waals surface area contributed by atoms with E-state index in [-0.39, 0.29) is 11.8 Å². The van der Waals surface area contributed by atoms with E-state index >= 15 is 0 Å². The maximum atomic E-state index is 11.7. The van der Waals surface area contributed by atoms with E-state index in [4.69, 9.17) is 0 Å². The van der Waals surface area contributed by atoms with Crippen LogP contribution in [0.3, 0.4) is 0 Å². The number of allylic oxidation sites excluding steroid dienone is 2. The average Bonchev–Trinajstić information content (AvgIpc) is 3.04. The lowest BCUT2D eigenvalue weighted by Crippen LogP contribution is -2.29. The molecule has 0 fully saturated rings. The molecule has 1 aliphatic heterocycles. The van der Waals surface area contributed by atoms with E-state index in [9.17, 15) is 4.79 Å². The van der Waals surface area contributed by atoms with Crippen LogP contribution in [0, 0.1) is 5.92 Å². The summed E-state index contributed by atoms with van der Waals surface area (Å²) in [5.74, 6) is 0.982. The van der Waals surface area contributed by atoms with Crippen LogP contribution in [-0.4, -0.2) is 10.8 Å². The minimum absolute atomic E-state index is 0.121. The van der Waals surface area contributed by atoms with Gasteiger partial charge in [0.25, 0.3) is 0 Å². The van der Waals surface area contributed by atoms with Gasteiger partial charge in [-0.25, -0.2) is 0 Å². The van der Waals surface area contributed by atoms with E-state index in [1.807, 2.05) is 30.6 Å². The highest BCUT2D eigenvalue weighted by molar-refractivity contribution is 5.95. The van der Waals surface area contributed by atoms with Crippen LogP contribution < -0.4 is 5.32 Å². The molecule has 2 heterocycles. The number of ketones is 1. The van der Waals surface area contributed by atoms with E-state index in [0.717, 1.165) is 17.7 Å². The van der Waals surface area contributed by atoms with Crippen molar-refractivity contribution >= 4 is 11.5 Å². The largest absolute Gasteiger partial charge is 0.378 e. The first-order chi connectivity index (χ1) is 10.7. The van der Waals surface area contributed by atoms with Gasteiger partial charge in [0.15, 0.2) is 5.78 Å². The molecule has 3 atom stereocenters. The van der Waals surface area contributed by atoms with E-state index in [1.165, 1.54) is 11.1 Å². The molecule has 1 aliphatic carbocycles. The highest BCUT2D eigenvalue weighted by Crippen LogP contribution is 2.49. The second-order valence-electron chi connectivity index (χ2n) is 6.12. The van der Waals surface area contributed by atoms with Gasteiger partial charge in [-0.15, -0.1) is 0 Å². The standard InChI is InChI=1S/C19H18N2O/c1-12(22)13-7-8-18-17(10-13)15-5-2-6-16(15)19(21-18)14-4-3-9-20-11-14/h2-5,7-11,15-16,19,21H,6H2,1H3/t15-,16+,19+/m1/s1. The molecule has 0 unspecified atom stereocenters. The number of carbonyl (C=O) groups excluding carboxylic acids is 1. The zero-order valence-corrected chi connectivity index (χ0v) is 12.5. The highest BCUT2D eigenvalue weighted by Gasteiger charge is 2.38. The topological polar surface area (TPSA) is 42.0 Å². The molecule has 3 heteroatoms. The summed E-state index contributed by atoms with van der Waals surface area (Å²) >= 11 is 0. The predicted octanol–water partition coefficient (Wildman–Crippen LogP) is 4.11. The van der Waals surface area contributed by atoms with Crippen molar-refractivity contribution in [2.45, 2.75) is 25.3 Å². The van der Waals surface area contributed by atoms with Crippen LogP contribution in [0.15, 0.2) is 54.9 Å². The number of anilines is 1. The SMILES string of the molecule is CC(=O)c1ccc2c(c1)[C@@H]1C=CC[C@@H]1[C@H](c1cccnc1)N2. The number of aromatic nitrogens is 1. The Morgan fingerprint density at radius 3 is 3.00 bits per heavy atom. The lowest BCUT2D eigenvalue weighted by atomic mass is 9.77. The first-order valence-electron chi connectivity index (χ1n) is 7.72. The van der Waals surface area contributed by atoms with Crippen LogP contribution in [0.25, 0.3) is 0 Å². The molecule has 1 aromatic heterocycles. The fraction of sp³-hybridized carbons (Fsp3) is 0.263. The molecule has 110 valence electrons. The number of Topliss-reactive ketones (excluding diaryl/α,β-unsaturated/α-hetero) is 1. The molecule has 0 bridgehead atoms. The maximum Gasteiger partial charge on any atom is 0.159 e. The average molecular weight is 290 g/mol. The minimum Gasteiger partial charge on any atom is -0.378 e. The van der Waals surface area contributed by atoms with Gasteiger partial charge in [-0.2, -0.15) is 0 Å². The highest BCUT2D eigenvalue weighted by atomic mass is 16.1. The quantitative estimate of drug-likeness (QED) is 0.668. The summed E-state index contributed by atoms with van der Waals surface area (Å²) in [6, 6.07) is 10.4. The van der Waals surface area contributed by atoms with Crippen molar-refractivity contribution < 1.29 is 4.79 Å². The van der Waals surface area contributed by atoms with Crippen LogP contribution in [0.2, 0.25) is 0 Å². The molecule has 2 aliphatic rings. The van der Waals surface area contributed by atoms with Gasteiger partial charge in [0.1, 0.15) is 0 Å². The first-order valence-corrected chi connectivity index (χ1v) is 7.72. The Hall–Kier alpha value is -2.42. The smallest absolute Gasteiger partial charge is 0.159 e. The number of fused-ring (bicyclic) bond motifs is 3. The Morgan fingerprint density at radius 2 is 2.23 bits per heavy atom. The van der Waals surface area contributed by atoms with Gasteiger partial charge < -0.3 is 5.32 Å². The number of pyridine rings is 1. The fourth-order valence-corrected chi connectivity index (χ4v) is 3.70.